The zero-order valence-corrected chi connectivity index (χ0v) is 22.1. The number of aliphatic imine (C=N–C) groups is 1. The molecule has 0 aliphatic heterocycles. The third kappa shape index (κ3) is 7.96. The van der Waals surface area contributed by atoms with Crippen molar-refractivity contribution in [2.45, 2.75) is 33.4 Å². The first-order valence-corrected chi connectivity index (χ1v) is 10.9. The molecule has 7 nitrogen and oxygen atoms in total. The summed E-state index contributed by atoms with van der Waals surface area (Å²) in [5, 5.41) is 6.74. The monoisotopic (exact) mass is 563 g/mol. The van der Waals surface area contributed by atoms with Crippen molar-refractivity contribution in [3.63, 3.8) is 0 Å². The SMILES string of the molecule is CCNC(=NCc1cccc(Cn2ccnc2C)c1)NCCc1ccc(OC)c(OC)c1.I. The predicted molar refractivity (Wildman–Crippen MR) is 144 cm³/mol. The number of hydrogen-bond acceptors (Lipinski definition) is 4. The molecule has 0 saturated carbocycles. The molecule has 0 aliphatic rings. The Balaban J connectivity index is 0.00000385. The second-order valence-electron chi connectivity index (χ2n) is 7.48. The fraction of sp³-hybridized carbons (Fsp3) is 0.360. The Labute approximate surface area is 213 Å². The molecule has 0 radical (unpaired) electrons. The van der Waals surface area contributed by atoms with Crippen molar-refractivity contribution >= 4 is 29.9 Å². The van der Waals surface area contributed by atoms with Crippen LogP contribution in [0.25, 0.3) is 0 Å². The Morgan fingerprint density at radius 3 is 2.48 bits per heavy atom. The van der Waals surface area contributed by atoms with Crippen molar-refractivity contribution in [1.82, 2.24) is 20.2 Å². The van der Waals surface area contributed by atoms with E-state index in [1.54, 1.807) is 14.2 Å². The van der Waals surface area contributed by atoms with Gasteiger partial charge in [0, 0.05) is 32.0 Å². The van der Waals surface area contributed by atoms with Crippen molar-refractivity contribution in [1.29, 1.82) is 0 Å². The summed E-state index contributed by atoms with van der Waals surface area (Å²) in [5.41, 5.74) is 3.59. The molecule has 178 valence electrons. The van der Waals surface area contributed by atoms with Gasteiger partial charge in [-0.05, 0) is 49.1 Å². The van der Waals surface area contributed by atoms with E-state index in [-0.39, 0.29) is 24.0 Å². The summed E-state index contributed by atoms with van der Waals surface area (Å²) < 4.78 is 12.8. The van der Waals surface area contributed by atoms with E-state index in [2.05, 4.69) is 57.4 Å². The van der Waals surface area contributed by atoms with Crippen LogP contribution in [0.5, 0.6) is 11.5 Å². The van der Waals surface area contributed by atoms with Crippen LogP contribution in [-0.4, -0.2) is 42.8 Å². The van der Waals surface area contributed by atoms with Crippen molar-refractivity contribution in [3.05, 3.63) is 77.4 Å². The fourth-order valence-electron chi connectivity index (χ4n) is 3.47. The normalized spacial score (nSPS) is 11.0. The van der Waals surface area contributed by atoms with Gasteiger partial charge < -0.3 is 24.7 Å². The molecular weight excluding hydrogens is 529 g/mol. The lowest BCUT2D eigenvalue weighted by Crippen LogP contribution is -2.38. The number of imidazole rings is 1. The predicted octanol–water partition coefficient (Wildman–Crippen LogP) is 4.17. The molecule has 8 heteroatoms. The van der Waals surface area contributed by atoms with Gasteiger partial charge in [-0.1, -0.05) is 30.3 Å². The van der Waals surface area contributed by atoms with Crippen LogP contribution in [0.1, 0.15) is 29.4 Å². The van der Waals surface area contributed by atoms with Crippen LogP contribution in [0.4, 0.5) is 0 Å². The number of nitrogens with one attached hydrogen (secondary N) is 2. The van der Waals surface area contributed by atoms with Crippen molar-refractivity contribution in [2.24, 2.45) is 4.99 Å². The number of ether oxygens (including phenoxy) is 2. The summed E-state index contributed by atoms with van der Waals surface area (Å²) in [6.07, 6.45) is 4.69. The van der Waals surface area contributed by atoms with Crippen LogP contribution < -0.4 is 20.1 Å². The molecule has 0 saturated heterocycles. The van der Waals surface area contributed by atoms with Gasteiger partial charge in [0.25, 0.3) is 0 Å². The smallest absolute Gasteiger partial charge is 0.191 e. The summed E-state index contributed by atoms with van der Waals surface area (Å²) in [7, 11) is 3.30. The van der Waals surface area contributed by atoms with Crippen LogP contribution >= 0.6 is 24.0 Å². The number of guanidine groups is 1. The third-order valence-electron chi connectivity index (χ3n) is 5.19. The van der Waals surface area contributed by atoms with Gasteiger partial charge >= 0.3 is 0 Å². The minimum atomic E-state index is 0. The number of rotatable bonds is 10. The highest BCUT2D eigenvalue weighted by Crippen LogP contribution is 2.27. The summed E-state index contributed by atoms with van der Waals surface area (Å²) >= 11 is 0. The van der Waals surface area contributed by atoms with Crippen molar-refractivity contribution in [3.8, 4) is 11.5 Å². The summed E-state index contributed by atoms with van der Waals surface area (Å²) in [4.78, 5) is 9.06. The standard InChI is InChI=1S/C25H33N5O2.HI/c1-5-26-25(28-12-11-20-9-10-23(31-3)24(16-20)32-4)29-17-21-7-6-8-22(15-21)18-30-14-13-27-19(30)2;/h6-10,13-16H,5,11-12,17-18H2,1-4H3,(H2,26,28,29);1H. The fourth-order valence-corrected chi connectivity index (χ4v) is 3.47. The van der Waals surface area contributed by atoms with Crippen LogP contribution in [-0.2, 0) is 19.5 Å². The number of benzene rings is 2. The van der Waals surface area contributed by atoms with E-state index in [1.165, 1.54) is 16.7 Å². The Morgan fingerprint density at radius 2 is 1.79 bits per heavy atom. The topological polar surface area (TPSA) is 72.7 Å². The highest BCUT2D eigenvalue weighted by Gasteiger charge is 2.05. The highest BCUT2D eigenvalue weighted by atomic mass is 127. The minimum absolute atomic E-state index is 0. The molecule has 3 rings (SSSR count). The molecule has 0 amide bonds. The Morgan fingerprint density at radius 1 is 1.00 bits per heavy atom. The second-order valence-corrected chi connectivity index (χ2v) is 7.48. The highest BCUT2D eigenvalue weighted by molar-refractivity contribution is 14.0. The summed E-state index contributed by atoms with van der Waals surface area (Å²) in [6.45, 7) is 7.09. The van der Waals surface area contributed by atoms with Crippen LogP contribution in [0, 0.1) is 6.92 Å². The average molecular weight is 563 g/mol. The first kappa shape index (κ1) is 26.5. The summed E-state index contributed by atoms with van der Waals surface area (Å²) in [6, 6.07) is 14.5. The lowest BCUT2D eigenvalue weighted by Gasteiger charge is -2.13. The maximum Gasteiger partial charge on any atom is 0.191 e. The van der Waals surface area contributed by atoms with Gasteiger partial charge in [-0.15, -0.1) is 24.0 Å². The molecule has 2 N–H and O–H groups in total. The van der Waals surface area contributed by atoms with Crippen LogP contribution in [0.2, 0.25) is 0 Å². The van der Waals surface area contributed by atoms with E-state index >= 15 is 0 Å². The minimum Gasteiger partial charge on any atom is -0.493 e. The lowest BCUT2D eigenvalue weighted by atomic mass is 10.1. The second kappa shape index (κ2) is 13.7. The van der Waals surface area contributed by atoms with Gasteiger partial charge in [0.2, 0.25) is 0 Å². The Kier molecular flexibility index (Phi) is 11.0. The van der Waals surface area contributed by atoms with Crippen LogP contribution in [0.3, 0.4) is 0 Å². The zero-order chi connectivity index (χ0) is 22.8. The van der Waals surface area contributed by atoms with E-state index in [0.717, 1.165) is 49.3 Å². The quantitative estimate of drug-likeness (QED) is 0.220. The average Bonchev–Trinajstić information content (AvgIpc) is 3.21. The Bertz CT molecular complexity index is 1040. The van der Waals surface area contributed by atoms with Gasteiger partial charge in [-0.3, -0.25) is 0 Å². The molecule has 3 aromatic rings. The number of methoxy groups -OCH3 is 2. The molecule has 0 unspecified atom stereocenters. The zero-order valence-electron chi connectivity index (χ0n) is 19.8. The maximum atomic E-state index is 5.39. The third-order valence-corrected chi connectivity index (χ3v) is 5.19. The van der Waals surface area contributed by atoms with E-state index in [0.29, 0.717) is 6.54 Å². The number of aromatic nitrogens is 2. The molecule has 0 spiro atoms. The number of halogens is 1. The molecule has 0 atom stereocenters. The number of hydrogen-bond donors (Lipinski definition) is 2. The molecule has 33 heavy (non-hydrogen) atoms. The first-order valence-electron chi connectivity index (χ1n) is 10.9. The van der Waals surface area contributed by atoms with Gasteiger partial charge in [0.05, 0.1) is 20.8 Å². The molecular formula is C25H34IN5O2. The van der Waals surface area contributed by atoms with Gasteiger partial charge in [0.1, 0.15) is 5.82 Å². The first-order chi connectivity index (χ1) is 15.6. The molecule has 0 aliphatic carbocycles. The Hall–Kier alpha value is -2.75. The molecule has 0 fully saturated rings. The number of nitrogens with zero attached hydrogens (tertiary/aromatic N) is 3. The van der Waals surface area contributed by atoms with E-state index in [1.807, 2.05) is 31.5 Å². The van der Waals surface area contributed by atoms with E-state index in [9.17, 15) is 0 Å². The van der Waals surface area contributed by atoms with E-state index in [4.69, 9.17) is 14.5 Å². The lowest BCUT2D eigenvalue weighted by molar-refractivity contribution is 0.354. The van der Waals surface area contributed by atoms with Crippen molar-refractivity contribution in [2.75, 3.05) is 27.3 Å². The maximum absolute atomic E-state index is 5.39. The number of aryl methyl sites for hydroxylation is 1. The largest absolute Gasteiger partial charge is 0.493 e. The molecule has 0 bridgehead atoms. The molecule has 1 aromatic heterocycles. The van der Waals surface area contributed by atoms with E-state index < -0.39 is 0 Å². The van der Waals surface area contributed by atoms with Gasteiger partial charge in [-0.2, -0.15) is 0 Å². The molecule has 1 heterocycles. The van der Waals surface area contributed by atoms with Crippen LogP contribution in [0.15, 0.2) is 59.9 Å². The van der Waals surface area contributed by atoms with Crippen molar-refractivity contribution < 1.29 is 9.47 Å². The summed E-state index contributed by atoms with van der Waals surface area (Å²) in [5.74, 6) is 3.31. The van der Waals surface area contributed by atoms with Gasteiger partial charge in [-0.25, -0.2) is 9.98 Å². The van der Waals surface area contributed by atoms with Gasteiger partial charge in [0.15, 0.2) is 17.5 Å². The molecule has 2 aromatic carbocycles.